The van der Waals surface area contributed by atoms with Crippen molar-refractivity contribution in [3.63, 3.8) is 0 Å². The van der Waals surface area contributed by atoms with E-state index in [1.54, 1.807) is 6.08 Å². The van der Waals surface area contributed by atoms with Gasteiger partial charge in [0.05, 0.1) is 0 Å². The highest BCUT2D eigenvalue weighted by atomic mass is 14.2. The lowest BCUT2D eigenvalue weighted by atomic mass is 9.86. The zero-order valence-electron chi connectivity index (χ0n) is 15.2. The monoisotopic (exact) mass is 298 g/mol. The molecule has 1 aromatic carbocycles. The third kappa shape index (κ3) is 9.18. The molecule has 1 aromatic rings. The second-order valence-electron chi connectivity index (χ2n) is 4.80. The van der Waals surface area contributed by atoms with Gasteiger partial charge in [0.1, 0.15) is 0 Å². The van der Waals surface area contributed by atoms with Gasteiger partial charge in [0, 0.05) is 5.92 Å². The SMILES string of the molecule is C=C/C=C(\C=C)C(C(=C)C)c1ccccc1.CC.CCCC. The smallest absolute Gasteiger partial charge is 0.0293 e. The number of unbranched alkanes of at least 4 members (excludes halogenated alkanes) is 1. The van der Waals surface area contributed by atoms with Crippen molar-refractivity contribution in [2.75, 3.05) is 0 Å². The van der Waals surface area contributed by atoms with Crippen LogP contribution in [0.2, 0.25) is 0 Å². The minimum absolute atomic E-state index is 0.205. The number of rotatable bonds is 6. The van der Waals surface area contributed by atoms with E-state index in [0.29, 0.717) is 0 Å². The topological polar surface area (TPSA) is 0 Å². The van der Waals surface area contributed by atoms with E-state index < -0.39 is 0 Å². The molecular weight excluding hydrogens is 264 g/mol. The van der Waals surface area contributed by atoms with Gasteiger partial charge in [0.25, 0.3) is 0 Å². The maximum absolute atomic E-state index is 4.06. The van der Waals surface area contributed by atoms with E-state index in [-0.39, 0.29) is 5.92 Å². The van der Waals surface area contributed by atoms with Crippen LogP contribution in [0, 0.1) is 0 Å². The minimum Gasteiger partial charge on any atom is -0.0992 e. The van der Waals surface area contributed by atoms with Crippen molar-refractivity contribution in [2.45, 2.75) is 53.4 Å². The molecule has 0 amide bonds. The Labute approximate surface area is 139 Å². The van der Waals surface area contributed by atoms with Crippen LogP contribution < -0.4 is 0 Å². The van der Waals surface area contributed by atoms with E-state index in [9.17, 15) is 0 Å². The summed E-state index contributed by atoms with van der Waals surface area (Å²) in [6.07, 6.45) is 8.28. The summed E-state index contributed by atoms with van der Waals surface area (Å²) in [5, 5.41) is 0. The summed E-state index contributed by atoms with van der Waals surface area (Å²) in [7, 11) is 0. The molecule has 22 heavy (non-hydrogen) atoms. The van der Waals surface area contributed by atoms with Gasteiger partial charge >= 0.3 is 0 Å². The third-order valence-electron chi connectivity index (χ3n) is 3.01. The van der Waals surface area contributed by atoms with Gasteiger partial charge in [0.2, 0.25) is 0 Å². The molecule has 1 atom stereocenters. The Hall–Kier alpha value is -1.82. The van der Waals surface area contributed by atoms with Crippen molar-refractivity contribution >= 4 is 0 Å². The number of benzene rings is 1. The fraction of sp³-hybridized carbons (Fsp3) is 0.364. The lowest BCUT2D eigenvalue weighted by Gasteiger charge is -2.18. The first-order valence-electron chi connectivity index (χ1n) is 8.27. The average molecular weight is 299 g/mol. The molecule has 0 aliphatic rings. The number of allylic oxidation sites excluding steroid dienone is 5. The molecule has 122 valence electrons. The van der Waals surface area contributed by atoms with Crippen LogP contribution in [-0.4, -0.2) is 0 Å². The zero-order chi connectivity index (χ0) is 17.4. The predicted molar refractivity (Wildman–Crippen MR) is 104 cm³/mol. The van der Waals surface area contributed by atoms with Crippen molar-refractivity contribution in [3.8, 4) is 0 Å². The summed E-state index contributed by atoms with van der Waals surface area (Å²) >= 11 is 0. The van der Waals surface area contributed by atoms with E-state index in [0.717, 1.165) is 11.1 Å². The van der Waals surface area contributed by atoms with Crippen LogP contribution >= 0.6 is 0 Å². The molecule has 0 heteroatoms. The molecule has 0 saturated carbocycles. The fourth-order valence-corrected chi connectivity index (χ4v) is 1.83. The molecule has 1 rings (SSSR count). The van der Waals surface area contributed by atoms with Crippen molar-refractivity contribution in [1.29, 1.82) is 0 Å². The molecule has 0 heterocycles. The van der Waals surface area contributed by atoms with Crippen LogP contribution in [0.3, 0.4) is 0 Å². The molecule has 0 spiro atoms. The second-order valence-corrected chi connectivity index (χ2v) is 4.80. The van der Waals surface area contributed by atoms with E-state index in [2.05, 4.69) is 45.7 Å². The van der Waals surface area contributed by atoms with E-state index in [4.69, 9.17) is 0 Å². The first kappa shape index (κ1) is 22.5. The highest BCUT2D eigenvalue weighted by Crippen LogP contribution is 2.31. The van der Waals surface area contributed by atoms with Gasteiger partial charge in [-0.25, -0.2) is 0 Å². The molecule has 0 nitrogen and oxygen atoms in total. The largest absolute Gasteiger partial charge is 0.0992 e. The molecule has 1 unspecified atom stereocenters. The van der Waals surface area contributed by atoms with E-state index in [1.807, 2.05) is 51.1 Å². The van der Waals surface area contributed by atoms with Crippen molar-refractivity contribution in [3.05, 3.63) is 85.0 Å². The Morgan fingerprint density at radius 2 is 1.55 bits per heavy atom. The Morgan fingerprint density at radius 3 is 1.86 bits per heavy atom. The maximum atomic E-state index is 4.06. The van der Waals surface area contributed by atoms with Gasteiger partial charge in [-0.3, -0.25) is 0 Å². The first-order valence-corrected chi connectivity index (χ1v) is 8.27. The lowest BCUT2D eigenvalue weighted by Crippen LogP contribution is -2.01. The molecular formula is C22H34. The van der Waals surface area contributed by atoms with Gasteiger partial charge in [-0.15, -0.1) is 0 Å². The zero-order valence-corrected chi connectivity index (χ0v) is 15.2. The van der Waals surface area contributed by atoms with Gasteiger partial charge in [-0.1, -0.05) is 114 Å². The standard InChI is InChI=1S/C16H18.C4H10.C2H6/c1-5-10-14(6-2)16(13(3)4)15-11-8-7-9-12-15;1-3-4-2;1-2/h5-12,16H,1-3H2,4H3;3-4H2,1-2H3;1-2H3/b14-10+;;. The molecule has 0 saturated heterocycles. The highest BCUT2D eigenvalue weighted by Gasteiger charge is 2.14. The molecule has 0 N–H and O–H groups in total. The summed E-state index contributed by atoms with van der Waals surface area (Å²) in [6.45, 7) is 22.0. The van der Waals surface area contributed by atoms with Gasteiger partial charge in [-0.05, 0) is 18.1 Å². The number of hydrogen-bond acceptors (Lipinski definition) is 0. The minimum atomic E-state index is 0.205. The van der Waals surface area contributed by atoms with Crippen molar-refractivity contribution in [2.24, 2.45) is 0 Å². The summed E-state index contributed by atoms with van der Waals surface area (Å²) < 4.78 is 0. The first-order chi connectivity index (χ1) is 10.6. The van der Waals surface area contributed by atoms with Crippen LogP contribution in [0.25, 0.3) is 0 Å². The Bertz CT molecular complexity index is 432. The molecule has 0 bridgehead atoms. The number of hydrogen-bond donors (Lipinski definition) is 0. The van der Waals surface area contributed by atoms with Crippen LogP contribution in [0.1, 0.15) is 58.9 Å². The summed E-state index contributed by atoms with van der Waals surface area (Å²) in [6, 6.07) is 10.3. The highest BCUT2D eigenvalue weighted by molar-refractivity contribution is 5.42. The van der Waals surface area contributed by atoms with Gasteiger partial charge < -0.3 is 0 Å². The Balaban J connectivity index is 0. The second kappa shape index (κ2) is 15.6. The summed E-state index contributed by atoms with van der Waals surface area (Å²) in [5.74, 6) is 0.205. The normalized spacial score (nSPS) is 11.0. The fourth-order valence-electron chi connectivity index (χ4n) is 1.83. The predicted octanol–water partition coefficient (Wildman–Crippen LogP) is 7.48. The Morgan fingerprint density at radius 1 is 1.05 bits per heavy atom. The van der Waals surface area contributed by atoms with E-state index in [1.165, 1.54) is 18.4 Å². The molecule has 0 aliphatic carbocycles. The third-order valence-corrected chi connectivity index (χ3v) is 3.01. The Kier molecular flexibility index (Phi) is 15.9. The maximum Gasteiger partial charge on any atom is 0.0293 e. The molecule has 0 fully saturated rings. The average Bonchev–Trinajstić information content (AvgIpc) is 2.57. The van der Waals surface area contributed by atoms with Crippen LogP contribution in [-0.2, 0) is 0 Å². The van der Waals surface area contributed by atoms with Crippen LogP contribution in [0.5, 0.6) is 0 Å². The van der Waals surface area contributed by atoms with Crippen molar-refractivity contribution < 1.29 is 0 Å². The van der Waals surface area contributed by atoms with Gasteiger partial charge in [0.15, 0.2) is 0 Å². The summed E-state index contributed by atoms with van der Waals surface area (Å²) in [5.41, 5.74) is 3.48. The van der Waals surface area contributed by atoms with Crippen LogP contribution in [0.4, 0.5) is 0 Å². The molecule has 0 aliphatic heterocycles. The molecule has 0 aromatic heterocycles. The van der Waals surface area contributed by atoms with E-state index >= 15 is 0 Å². The van der Waals surface area contributed by atoms with Crippen molar-refractivity contribution in [1.82, 2.24) is 0 Å². The van der Waals surface area contributed by atoms with Crippen LogP contribution in [0.15, 0.2) is 79.4 Å². The summed E-state index contributed by atoms with van der Waals surface area (Å²) in [4.78, 5) is 0. The van der Waals surface area contributed by atoms with Gasteiger partial charge in [-0.2, -0.15) is 0 Å². The molecule has 0 radical (unpaired) electrons. The quantitative estimate of drug-likeness (QED) is 0.377. The lowest BCUT2D eigenvalue weighted by molar-refractivity contribution is 0.886.